The molecule has 0 saturated carbocycles. The van der Waals surface area contributed by atoms with E-state index in [1.807, 2.05) is 0 Å². The van der Waals surface area contributed by atoms with E-state index < -0.39 is 23.7 Å². The molecule has 1 aliphatic heterocycles. The number of nitrogen functional groups attached to an aromatic ring is 1. The Morgan fingerprint density at radius 1 is 1.50 bits per heavy atom. The maximum atomic E-state index is 13.3. The molecule has 1 saturated heterocycles. The van der Waals surface area contributed by atoms with Crippen LogP contribution in [0.25, 0.3) is 0 Å². The summed E-state index contributed by atoms with van der Waals surface area (Å²) in [5.41, 5.74) is 5.25. The maximum absolute atomic E-state index is 13.3. The van der Waals surface area contributed by atoms with Crippen molar-refractivity contribution in [3.8, 4) is 0 Å². The lowest BCUT2D eigenvalue weighted by atomic mass is 10.1. The number of carboxylic acid groups (broad SMARTS) is 1. The number of anilines is 1. The van der Waals surface area contributed by atoms with Crippen molar-refractivity contribution in [2.24, 2.45) is 0 Å². The van der Waals surface area contributed by atoms with Gasteiger partial charge in [-0.3, -0.25) is 4.79 Å². The van der Waals surface area contributed by atoms with Crippen LogP contribution >= 0.6 is 11.8 Å². The third-order valence-corrected chi connectivity index (χ3v) is 3.72. The monoisotopic (exact) mass is 270 g/mol. The Kier molecular flexibility index (Phi) is 3.42. The molecule has 1 heterocycles. The van der Waals surface area contributed by atoms with Gasteiger partial charge in [-0.05, 0) is 12.1 Å². The minimum absolute atomic E-state index is 0.00347. The van der Waals surface area contributed by atoms with E-state index in [2.05, 4.69) is 0 Å². The van der Waals surface area contributed by atoms with E-state index in [0.29, 0.717) is 5.75 Å². The number of benzene rings is 1. The number of halogens is 1. The van der Waals surface area contributed by atoms with E-state index in [1.54, 1.807) is 0 Å². The zero-order valence-corrected chi connectivity index (χ0v) is 10.1. The Hall–Kier alpha value is -1.76. The Bertz CT molecular complexity index is 509. The molecular weight excluding hydrogens is 259 g/mol. The quantitative estimate of drug-likeness (QED) is 0.783. The molecule has 7 heteroatoms. The number of thioether (sulfide) groups is 1. The van der Waals surface area contributed by atoms with Gasteiger partial charge < -0.3 is 15.7 Å². The molecule has 1 aliphatic rings. The van der Waals surface area contributed by atoms with Crippen molar-refractivity contribution in [2.45, 2.75) is 6.04 Å². The summed E-state index contributed by atoms with van der Waals surface area (Å²) in [5, 5.41) is 8.99. The number of hydrogen-bond donors (Lipinski definition) is 2. The molecule has 1 atom stereocenters. The summed E-state index contributed by atoms with van der Waals surface area (Å²) >= 11 is 1.34. The lowest BCUT2D eigenvalue weighted by molar-refractivity contribution is -0.140. The Morgan fingerprint density at radius 3 is 2.89 bits per heavy atom. The second kappa shape index (κ2) is 4.85. The second-order valence-corrected chi connectivity index (χ2v) is 4.83. The number of carbonyl (C=O) groups excluding carboxylic acids is 1. The van der Waals surface area contributed by atoms with Gasteiger partial charge in [-0.1, -0.05) is 6.07 Å². The summed E-state index contributed by atoms with van der Waals surface area (Å²) < 4.78 is 13.3. The van der Waals surface area contributed by atoms with Crippen LogP contribution in [0.1, 0.15) is 10.4 Å². The van der Waals surface area contributed by atoms with Crippen LogP contribution in [0.5, 0.6) is 0 Å². The van der Waals surface area contributed by atoms with Gasteiger partial charge in [-0.15, -0.1) is 11.8 Å². The standard InChI is InChI=1S/C11H11FN2O3S/c12-7-3-1-2-6(9(7)13)10(15)14-5-18-4-8(14)11(16)17/h1-3,8H,4-5,13H2,(H,16,17)/t8-/m0/s1. The molecule has 0 bridgehead atoms. The fraction of sp³-hybridized carbons (Fsp3) is 0.273. The van der Waals surface area contributed by atoms with Gasteiger partial charge in [-0.2, -0.15) is 0 Å². The Labute approximate surface area is 107 Å². The molecule has 0 unspecified atom stereocenters. The fourth-order valence-electron chi connectivity index (χ4n) is 1.73. The number of nitrogens with zero attached hydrogens (tertiary/aromatic N) is 1. The van der Waals surface area contributed by atoms with Crippen molar-refractivity contribution in [1.82, 2.24) is 4.90 Å². The van der Waals surface area contributed by atoms with Gasteiger partial charge in [0, 0.05) is 5.75 Å². The summed E-state index contributed by atoms with van der Waals surface area (Å²) in [6, 6.07) is 3.03. The van der Waals surface area contributed by atoms with Crippen molar-refractivity contribution in [3.63, 3.8) is 0 Å². The van der Waals surface area contributed by atoms with E-state index in [-0.39, 0.29) is 17.1 Å². The molecule has 1 aromatic carbocycles. The van der Waals surface area contributed by atoms with Gasteiger partial charge in [0.05, 0.1) is 17.1 Å². The SMILES string of the molecule is Nc1c(F)cccc1C(=O)N1CSC[C@H]1C(=O)O. The van der Waals surface area contributed by atoms with Gasteiger partial charge in [0.25, 0.3) is 5.91 Å². The first-order chi connectivity index (χ1) is 8.52. The van der Waals surface area contributed by atoms with E-state index in [1.165, 1.54) is 28.8 Å². The molecule has 1 fully saturated rings. The highest BCUT2D eigenvalue weighted by atomic mass is 32.2. The molecular formula is C11H11FN2O3S. The summed E-state index contributed by atoms with van der Waals surface area (Å²) in [6.45, 7) is 0. The van der Waals surface area contributed by atoms with Gasteiger partial charge in [0.2, 0.25) is 0 Å². The predicted molar refractivity (Wildman–Crippen MR) is 65.7 cm³/mol. The molecule has 0 aliphatic carbocycles. The first-order valence-electron chi connectivity index (χ1n) is 5.18. The van der Waals surface area contributed by atoms with E-state index in [4.69, 9.17) is 10.8 Å². The van der Waals surface area contributed by atoms with E-state index in [0.717, 1.165) is 6.07 Å². The Morgan fingerprint density at radius 2 is 2.22 bits per heavy atom. The highest BCUT2D eigenvalue weighted by molar-refractivity contribution is 7.99. The largest absolute Gasteiger partial charge is 0.480 e. The third-order valence-electron chi connectivity index (χ3n) is 2.71. The van der Waals surface area contributed by atoms with Crippen LogP contribution in [0.4, 0.5) is 10.1 Å². The number of nitrogens with two attached hydrogens (primary N) is 1. The molecule has 5 nitrogen and oxygen atoms in total. The van der Waals surface area contributed by atoms with Crippen LogP contribution < -0.4 is 5.73 Å². The molecule has 2 rings (SSSR count). The molecule has 3 N–H and O–H groups in total. The minimum Gasteiger partial charge on any atom is -0.480 e. The number of amides is 1. The van der Waals surface area contributed by atoms with Crippen LogP contribution in [0, 0.1) is 5.82 Å². The van der Waals surface area contributed by atoms with Crippen LogP contribution in [-0.2, 0) is 4.79 Å². The van der Waals surface area contributed by atoms with Crippen molar-refractivity contribution in [3.05, 3.63) is 29.6 Å². The molecule has 1 aromatic rings. The van der Waals surface area contributed by atoms with Gasteiger partial charge in [0.15, 0.2) is 0 Å². The average Bonchev–Trinajstić information content (AvgIpc) is 2.81. The molecule has 0 radical (unpaired) electrons. The molecule has 18 heavy (non-hydrogen) atoms. The van der Waals surface area contributed by atoms with Gasteiger partial charge in [0.1, 0.15) is 11.9 Å². The van der Waals surface area contributed by atoms with Crippen LogP contribution in [-0.4, -0.2) is 39.6 Å². The Balaban J connectivity index is 2.31. The maximum Gasteiger partial charge on any atom is 0.327 e. The highest BCUT2D eigenvalue weighted by Crippen LogP contribution is 2.26. The number of para-hydroxylation sites is 1. The molecule has 1 amide bonds. The van der Waals surface area contributed by atoms with E-state index in [9.17, 15) is 14.0 Å². The second-order valence-electron chi connectivity index (χ2n) is 3.83. The van der Waals surface area contributed by atoms with Gasteiger partial charge in [-0.25, -0.2) is 9.18 Å². The van der Waals surface area contributed by atoms with Crippen molar-refractivity contribution in [1.29, 1.82) is 0 Å². The number of hydrogen-bond acceptors (Lipinski definition) is 4. The third kappa shape index (κ3) is 2.13. The molecule has 96 valence electrons. The van der Waals surface area contributed by atoms with Crippen LogP contribution in [0.15, 0.2) is 18.2 Å². The number of rotatable bonds is 2. The normalized spacial score (nSPS) is 18.9. The summed E-state index contributed by atoms with van der Waals surface area (Å²) in [6.07, 6.45) is 0. The zero-order valence-electron chi connectivity index (χ0n) is 9.30. The predicted octanol–water partition coefficient (Wildman–Crippen LogP) is 1.01. The van der Waals surface area contributed by atoms with Crippen molar-refractivity contribution < 1.29 is 19.1 Å². The lowest BCUT2D eigenvalue weighted by Gasteiger charge is -2.21. The fourth-order valence-corrected chi connectivity index (χ4v) is 2.87. The van der Waals surface area contributed by atoms with E-state index >= 15 is 0 Å². The number of carbonyl (C=O) groups is 2. The minimum atomic E-state index is -1.07. The zero-order chi connectivity index (χ0) is 13.3. The topological polar surface area (TPSA) is 83.6 Å². The number of carboxylic acids is 1. The summed E-state index contributed by atoms with van der Waals surface area (Å²) in [7, 11) is 0. The highest BCUT2D eigenvalue weighted by Gasteiger charge is 2.35. The first-order valence-corrected chi connectivity index (χ1v) is 6.33. The van der Waals surface area contributed by atoms with Gasteiger partial charge >= 0.3 is 5.97 Å². The van der Waals surface area contributed by atoms with Crippen LogP contribution in [0.2, 0.25) is 0 Å². The first kappa shape index (κ1) is 12.7. The van der Waals surface area contributed by atoms with Crippen molar-refractivity contribution in [2.75, 3.05) is 17.4 Å². The van der Waals surface area contributed by atoms with Crippen LogP contribution in [0.3, 0.4) is 0 Å². The summed E-state index contributed by atoms with van der Waals surface area (Å²) in [4.78, 5) is 24.3. The van der Waals surface area contributed by atoms with Crippen molar-refractivity contribution >= 4 is 29.3 Å². The average molecular weight is 270 g/mol. The lowest BCUT2D eigenvalue weighted by Crippen LogP contribution is -2.42. The smallest absolute Gasteiger partial charge is 0.327 e. The summed E-state index contributed by atoms with van der Waals surface area (Å²) in [5.74, 6) is -1.70. The molecule has 0 aromatic heterocycles. The number of aliphatic carboxylic acids is 1. The molecule has 0 spiro atoms.